The van der Waals surface area contributed by atoms with Crippen LogP contribution in [0.4, 0.5) is 5.69 Å². The topological polar surface area (TPSA) is 58.6 Å². The first-order valence-electron chi connectivity index (χ1n) is 8.24. The maximum Gasteiger partial charge on any atom is 0.234 e. The maximum absolute atomic E-state index is 12.8. The van der Waals surface area contributed by atoms with E-state index in [9.17, 15) is 9.90 Å². The largest absolute Gasteiger partial charge is 0.495 e. The first-order valence-corrected chi connectivity index (χ1v) is 8.24. The molecule has 1 amide bonds. The number of hydrogen-bond acceptors (Lipinski definition) is 3. The van der Waals surface area contributed by atoms with Crippen molar-refractivity contribution < 1.29 is 14.6 Å². The average molecular weight is 335 g/mol. The minimum atomic E-state index is -1.41. The van der Waals surface area contributed by atoms with Crippen molar-refractivity contribution in [2.24, 2.45) is 5.41 Å². The Morgan fingerprint density at radius 2 is 1.80 bits per heavy atom. The van der Waals surface area contributed by atoms with Gasteiger partial charge in [0.25, 0.3) is 0 Å². The molecule has 4 heteroatoms. The van der Waals surface area contributed by atoms with Crippen molar-refractivity contribution in [3.8, 4) is 17.6 Å². The molecule has 128 valence electrons. The molecule has 2 aromatic carbocycles. The summed E-state index contributed by atoms with van der Waals surface area (Å²) in [5.74, 6) is 6.21. The number of aliphatic hydroxyl groups is 1. The fourth-order valence-electron chi connectivity index (χ4n) is 2.88. The molecule has 0 bridgehead atoms. The summed E-state index contributed by atoms with van der Waals surface area (Å²) in [6, 6.07) is 16.6. The summed E-state index contributed by atoms with van der Waals surface area (Å²) in [6.07, 6.45) is 1.20. The van der Waals surface area contributed by atoms with E-state index >= 15 is 0 Å². The molecule has 1 unspecified atom stereocenters. The highest BCUT2D eigenvalue weighted by Crippen LogP contribution is 2.54. The summed E-state index contributed by atoms with van der Waals surface area (Å²) in [4.78, 5) is 12.8. The highest BCUT2D eigenvalue weighted by molar-refractivity contribution is 5.99. The van der Waals surface area contributed by atoms with Gasteiger partial charge in [0.15, 0.2) is 0 Å². The SMILES string of the molecule is COc1ccccc1NC(=O)C1(C(C)(O)C#Cc2ccccc2)CC1. The molecule has 3 rings (SSSR count). The van der Waals surface area contributed by atoms with E-state index in [1.165, 1.54) is 0 Å². The molecule has 0 saturated heterocycles. The van der Waals surface area contributed by atoms with Crippen LogP contribution in [-0.2, 0) is 4.79 Å². The second-order valence-corrected chi connectivity index (χ2v) is 6.42. The van der Waals surface area contributed by atoms with Gasteiger partial charge in [-0.15, -0.1) is 0 Å². The third-order valence-corrected chi connectivity index (χ3v) is 4.70. The van der Waals surface area contributed by atoms with E-state index in [-0.39, 0.29) is 5.91 Å². The minimum absolute atomic E-state index is 0.232. The van der Waals surface area contributed by atoms with Crippen LogP contribution < -0.4 is 10.1 Å². The normalized spacial score (nSPS) is 16.8. The standard InChI is InChI=1S/C21H21NO3/c1-20(24,13-12-16-8-4-3-5-9-16)21(14-15-21)19(23)22-17-10-6-7-11-18(17)25-2/h3-11,24H,14-15H2,1-2H3,(H,22,23). The number of ether oxygens (including phenoxy) is 1. The molecular weight excluding hydrogens is 314 g/mol. The van der Waals surface area contributed by atoms with E-state index in [0.29, 0.717) is 24.3 Å². The first-order chi connectivity index (χ1) is 12.0. The zero-order chi connectivity index (χ0) is 17.9. The third kappa shape index (κ3) is 3.38. The molecular formula is C21H21NO3. The van der Waals surface area contributed by atoms with E-state index in [1.54, 1.807) is 26.2 Å². The Balaban J connectivity index is 1.81. The van der Waals surface area contributed by atoms with Crippen LogP contribution >= 0.6 is 0 Å². The monoisotopic (exact) mass is 335 g/mol. The van der Waals surface area contributed by atoms with Crippen molar-refractivity contribution in [2.75, 3.05) is 12.4 Å². The number of carbonyl (C=O) groups excluding carboxylic acids is 1. The third-order valence-electron chi connectivity index (χ3n) is 4.70. The number of rotatable bonds is 4. The smallest absolute Gasteiger partial charge is 0.234 e. The van der Waals surface area contributed by atoms with Gasteiger partial charge in [-0.25, -0.2) is 0 Å². The van der Waals surface area contributed by atoms with E-state index in [1.807, 2.05) is 42.5 Å². The Hall–Kier alpha value is -2.77. The minimum Gasteiger partial charge on any atom is -0.495 e. The number of benzene rings is 2. The van der Waals surface area contributed by atoms with Crippen molar-refractivity contribution in [3.05, 3.63) is 60.2 Å². The second-order valence-electron chi connectivity index (χ2n) is 6.42. The molecule has 0 aliphatic heterocycles. The Kier molecular flexibility index (Phi) is 4.52. The van der Waals surface area contributed by atoms with Gasteiger partial charge in [-0.2, -0.15) is 0 Å². The van der Waals surface area contributed by atoms with Gasteiger partial charge in [-0.05, 0) is 44.0 Å². The van der Waals surface area contributed by atoms with Crippen LogP contribution in [0.15, 0.2) is 54.6 Å². The van der Waals surface area contributed by atoms with Crippen LogP contribution in [0.25, 0.3) is 0 Å². The van der Waals surface area contributed by atoms with Crippen LogP contribution in [0, 0.1) is 17.3 Å². The molecule has 0 radical (unpaired) electrons. The number of amides is 1. The molecule has 25 heavy (non-hydrogen) atoms. The number of nitrogens with one attached hydrogen (secondary N) is 1. The number of methoxy groups -OCH3 is 1. The van der Waals surface area contributed by atoms with Crippen LogP contribution in [0.2, 0.25) is 0 Å². The van der Waals surface area contributed by atoms with Gasteiger partial charge in [-0.3, -0.25) is 4.79 Å². The predicted molar refractivity (Wildman–Crippen MR) is 97.2 cm³/mol. The van der Waals surface area contributed by atoms with Gasteiger partial charge in [-0.1, -0.05) is 42.2 Å². The van der Waals surface area contributed by atoms with Crippen molar-refractivity contribution in [1.29, 1.82) is 0 Å². The van der Waals surface area contributed by atoms with Gasteiger partial charge in [0.05, 0.1) is 18.2 Å². The van der Waals surface area contributed by atoms with Crippen LogP contribution in [0.5, 0.6) is 5.75 Å². The van der Waals surface area contributed by atoms with E-state index in [0.717, 1.165) is 5.56 Å². The lowest BCUT2D eigenvalue weighted by atomic mass is 9.85. The lowest BCUT2D eigenvalue weighted by Crippen LogP contribution is -2.43. The fraction of sp³-hybridized carbons (Fsp3) is 0.286. The highest BCUT2D eigenvalue weighted by Gasteiger charge is 2.61. The van der Waals surface area contributed by atoms with Crippen molar-refractivity contribution in [3.63, 3.8) is 0 Å². The van der Waals surface area contributed by atoms with Gasteiger partial charge in [0.1, 0.15) is 11.4 Å². The first kappa shape index (κ1) is 17.1. The van der Waals surface area contributed by atoms with Crippen LogP contribution in [0.3, 0.4) is 0 Å². The second kappa shape index (κ2) is 6.62. The van der Waals surface area contributed by atoms with E-state index in [4.69, 9.17) is 4.74 Å². The highest BCUT2D eigenvalue weighted by atomic mass is 16.5. The molecule has 1 aliphatic carbocycles. The summed E-state index contributed by atoms with van der Waals surface area (Å²) in [6.45, 7) is 1.61. The van der Waals surface area contributed by atoms with Gasteiger partial charge >= 0.3 is 0 Å². The van der Waals surface area contributed by atoms with Crippen LogP contribution in [-0.4, -0.2) is 23.7 Å². The zero-order valence-corrected chi connectivity index (χ0v) is 14.4. The molecule has 1 fully saturated rings. The zero-order valence-electron chi connectivity index (χ0n) is 14.4. The summed E-state index contributed by atoms with van der Waals surface area (Å²) in [5, 5.41) is 13.8. The molecule has 0 spiro atoms. The van der Waals surface area contributed by atoms with Gasteiger partial charge in [0.2, 0.25) is 5.91 Å². The molecule has 2 aromatic rings. The average Bonchev–Trinajstić information content (AvgIpc) is 3.44. The summed E-state index contributed by atoms with van der Waals surface area (Å²) in [7, 11) is 1.55. The predicted octanol–water partition coefficient (Wildman–Crippen LogP) is 3.22. The van der Waals surface area contributed by atoms with Gasteiger partial charge < -0.3 is 15.2 Å². The summed E-state index contributed by atoms with van der Waals surface area (Å²) in [5.41, 5.74) is -0.901. The summed E-state index contributed by atoms with van der Waals surface area (Å²) < 4.78 is 5.27. The molecule has 4 nitrogen and oxygen atoms in total. The molecule has 0 heterocycles. The molecule has 2 N–H and O–H groups in total. The van der Waals surface area contributed by atoms with E-state index in [2.05, 4.69) is 17.2 Å². The van der Waals surface area contributed by atoms with E-state index < -0.39 is 11.0 Å². The number of para-hydroxylation sites is 2. The lowest BCUT2D eigenvalue weighted by Gasteiger charge is -2.27. The van der Waals surface area contributed by atoms with Crippen LogP contribution in [0.1, 0.15) is 25.3 Å². The quantitative estimate of drug-likeness (QED) is 0.844. The van der Waals surface area contributed by atoms with Crippen molar-refractivity contribution >= 4 is 11.6 Å². The summed E-state index contributed by atoms with van der Waals surface area (Å²) >= 11 is 0. The molecule has 1 atom stereocenters. The number of carbonyl (C=O) groups is 1. The van der Waals surface area contributed by atoms with Crippen molar-refractivity contribution in [1.82, 2.24) is 0 Å². The number of hydrogen-bond donors (Lipinski definition) is 2. The number of anilines is 1. The Morgan fingerprint density at radius 3 is 2.44 bits per heavy atom. The fourth-order valence-corrected chi connectivity index (χ4v) is 2.88. The van der Waals surface area contributed by atoms with Gasteiger partial charge in [0, 0.05) is 5.56 Å². The lowest BCUT2D eigenvalue weighted by molar-refractivity contribution is -0.127. The Morgan fingerprint density at radius 1 is 1.16 bits per heavy atom. The Labute approximate surface area is 147 Å². The Bertz CT molecular complexity index is 827. The maximum atomic E-state index is 12.8. The molecule has 0 aromatic heterocycles. The molecule has 1 saturated carbocycles. The molecule has 1 aliphatic rings. The van der Waals surface area contributed by atoms with Crippen molar-refractivity contribution in [2.45, 2.75) is 25.4 Å².